The lowest BCUT2D eigenvalue weighted by molar-refractivity contribution is -0.143. The van der Waals surface area contributed by atoms with Gasteiger partial charge in [0.2, 0.25) is 5.91 Å². The first-order valence-electron chi connectivity index (χ1n) is 9.68. The fourth-order valence-electron chi connectivity index (χ4n) is 3.64. The van der Waals surface area contributed by atoms with E-state index in [1.54, 1.807) is 0 Å². The van der Waals surface area contributed by atoms with Crippen molar-refractivity contribution in [3.63, 3.8) is 0 Å². The summed E-state index contributed by atoms with van der Waals surface area (Å²) >= 11 is 0. The zero-order valence-electron chi connectivity index (χ0n) is 16.1. The van der Waals surface area contributed by atoms with Crippen LogP contribution in [-0.4, -0.2) is 47.1 Å². The van der Waals surface area contributed by atoms with Gasteiger partial charge in [-0.2, -0.15) is 0 Å². The zero-order valence-corrected chi connectivity index (χ0v) is 16.1. The summed E-state index contributed by atoms with van der Waals surface area (Å²) in [5, 5.41) is 12.0. The van der Waals surface area contributed by atoms with Crippen molar-refractivity contribution in [2.45, 2.75) is 58.5 Å². The summed E-state index contributed by atoms with van der Waals surface area (Å²) in [5.74, 6) is -0.266. The number of carbonyl (C=O) groups is 2. The molecule has 2 atom stereocenters. The quantitative estimate of drug-likeness (QED) is 0.748. The summed E-state index contributed by atoms with van der Waals surface area (Å²) in [6.45, 7) is 7.56. The van der Waals surface area contributed by atoms with Crippen LogP contribution in [0.1, 0.15) is 45.6 Å². The number of piperidine rings is 1. The molecule has 1 fully saturated rings. The lowest BCUT2D eigenvalue weighted by Crippen LogP contribution is -2.52. The summed E-state index contributed by atoms with van der Waals surface area (Å²) in [4.78, 5) is 26.0. The highest BCUT2D eigenvalue weighted by atomic mass is 16.4. The van der Waals surface area contributed by atoms with Gasteiger partial charge in [0.05, 0.1) is 6.04 Å². The minimum absolute atomic E-state index is 0.181. The van der Waals surface area contributed by atoms with Crippen molar-refractivity contribution in [1.29, 1.82) is 0 Å². The fraction of sp³-hybridized carbons (Fsp3) is 0.619. The average Bonchev–Trinajstić information content (AvgIpc) is 2.61. The van der Waals surface area contributed by atoms with Gasteiger partial charge in [-0.3, -0.25) is 9.69 Å². The first kappa shape index (κ1) is 20.4. The predicted octanol–water partition coefficient (Wildman–Crippen LogP) is 2.95. The van der Waals surface area contributed by atoms with E-state index in [-0.39, 0.29) is 17.9 Å². The van der Waals surface area contributed by atoms with Crippen molar-refractivity contribution in [2.75, 3.05) is 13.1 Å². The maximum absolute atomic E-state index is 12.5. The largest absolute Gasteiger partial charge is 0.480 e. The van der Waals surface area contributed by atoms with Gasteiger partial charge in [0.1, 0.15) is 6.04 Å². The second kappa shape index (κ2) is 9.72. The highest BCUT2D eigenvalue weighted by molar-refractivity contribution is 5.86. The molecule has 1 aromatic carbocycles. The fourth-order valence-corrected chi connectivity index (χ4v) is 3.64. The molecule has 0 spiro atoms. The van der Waals surface area contributed by atoms with E-state index in [4.69, 9.17) is 0 Å². The number of amides is 1. The minimum atomic E-state index is -0.958. The predicted molar refractivity (Wildman–Crippen MR) is 103 cm³/mol. The molecule has 0 radical (unpaired) electrons. The molecule has 1 saturated heterocycles. The van der Waals surface area contributed by atoms with E-state index < -0.39 is 12.0 Å². The molecule has 1 unspecified atom stereocenters. The Labute approximate surface area is 156 Å². The lowest BCUT2D eigenvalue weighted by Gasteiger charge is -2.35. The normalized spacial score (nSPS) is 18.5. The number of nitrogens with zero attached hydrogens (tertiary/aromatic N) is 1. The molecule has 1 aliphatic heterocycles. The van der Waals surface area contributed by atoms with Gasteiger partial charge in [-0.1, -0.05) is 44.2 Å². The van der Waals surface area contributed by atoms with Crippen molar-refractivity contribution in [3.05, 3.63) is 35.9 Å². The number of aliphatic carboxylic acids is 1. The van der Waals surface area contributed by atoms with Crippen LogP contribution in [0.2, 0.25) is 0 Å². The molecule has 1 amide bonds. The van der Waals surface area contributed by atoms with Crippen LogP contribution < -0.4 is 5.32 Å². The Kier molecular flexibility index (Phi) is 7.64. The topological polar surface area (TPSA) is 69.6 Å². The Morgan fingerprint density at radius 3 is 2.31 bits per heavy atom. The van der Waals surface area contributed by atoms with Crippen LogP contribution in [-0.2, 0) is 16.0 Å². The number of rotatable bonds is 8. The van der Waals surface area contributed by atoms with E-state index in [9.17, 15) is 14.7 Å². The Morgan fingerprint density at radius 2 is 1.77 bits per heavy atom. The van der Waals surface area contributed by atoms with E-state index in [0.29, 0.717) is 12.3 Å². The molecule has 0 saturated carbocycles. The van der Waals surface area contributed by atoms with Crippen LogP contribution in [0.25, 0.3) is 0 Å². The SMILES string of the molecule is CC(C)C[C@@H](NC(=O)C(C)N1CCC(Cc2ccccc2)CC1)C(=O)O. The summed E-state index contributed by atoms with van der Waals surface area (Å²) < 4.78 is 0. The molecular weight excluding hydrogens is 328 g/mol. The second-order valence-corrected chi connectivity index (χ2v) is 7.87. The number of nitrogens with one attached hydrogen (secondary N) is 1. The number of carboxylic acids is 1. The molecule has 144 valence electrons. The highest BCUT2D eigenvalue weighted by Crippen LogP contribution is 2.23. The number of hydrogen-bond acceptors (Lipinski definition) is 3. The first-order valence-corrected chi connectivity index (χ1v) is 9.68. The monoisotopic (exact) mass is 360 g/mol. The van der Waals surface area contributed by atoms with Crippen molar-refractivity contribution in [2.24, 2.45) is 11.8 Å². The number of carboxylic acid groups (broad SMARTS) is 1. The van der Waals surface area contributed by atoms with Crippen molar-refractivity contribution in [3.8, 4) is 0 Å². The van der Waals surface area contributed by atoms with Crippen LogP contribution in [0.5, 0.6) is 0 Å². The Hall–Kier alpha value is -1.88. The molecule has 0 bridgehead atoms. The molecule has 1 aromatic rings. The van der Waals surface area contributed by atoms with Crippen molar-refractivity contribution >= 4 is 11.9 Å². The van der Waals surface area contributed by atoms with E-state index in [2.05, 4.69) is 34.5 Å². The van der Waals surface area contributed by atoms with Gasteiger partial charge in [-0.15, -0.1) is 0 Å². The van der Waals surface area contributed by atoms with Crippen molar-refractivity contribution in [1.82, 2.24) is 10.2 Å². The molecule has 1 aliphatic rings. The van der Waals surface area contributed by atoms with Crippen LogP contribution in [0, 0.1) is 11.8 Å². The first-order chi connectivity index (χ1) is 12.4. The standard InChI is InChI=1S/C21H32N2O3/c1-15(2)13-19(21(25)26)22-20(24)16(3)23-11-9-18(10-12-23)14-17-7-5-4-6-8-17/h4-8,15-16,18-19H,9-14H2,1-3H3,(H,22,24)(H,25,26)/t16?,19-/m1/s1. The van der Waals surface area contributed by atoms with Gasteiger partial charge in [0.25, 0.3) is 0 Å². The average molecular weight is 360 g/mol. The minimum Gasteiger partial charge on any atom is -0.480 e. The van der Waals surface area contributed by atoms with E-state index in [1.165, 1.54) is 5.56 Å². The third-order valence-electron chi connectivity index (χ3n) is 5.27. The van der Waals surface area contributed by atoms with Gasteiger partial charge >= 0.3 is 5.97 Å². The lowest BCUT2D eigenvalue weighted by atomic mass is 9.89. The molecule has 2 N–H and O–H groups in total. The summed E-state index contributed by atoms with van der Waals surface area (Å²) in [6.07, 6.45) is 3.68. The van der Waals surface area contributed by atoms with Crippen LogP contribution >= 0.6 is 0 Å². The number of benzene rings is 1. The molecule has 5 heteroatoms. The summed E-state index contributed by atoms with van der Waals surface area (Å²) in [7, 11) is 0. The summed E-state index contributed by atoms with van der Waals surface area (Å²) in [5.41, 5.74) is 1.37. The molecule has 2 rings (SSSR count). The van der Waals surface area contributed by atoms with Crippen molar-refractivity contribution < 1.29 is 14.7 Å². The third-order valence-corrected chi connectivity index (χ3v) is 5.27. The van der Waals surface area contributed by atoms with Crippen LogP contribution in [0.4, 0.5) is 0 Å². The van der Waals surface area contributed by atoms with Gasteiger partial charge in [-0.25, -0.2) is 4.79 Å². The Bertz CT molecular complexity index is 580. The van der Waals surface area contributed by atoms with Gasteiger partial charge in [0, 0.05) is 0 Å². The van der Waals surface area contributed by atoms with Crippen LogP contribution in [0.15, 0.2) is 30.3 Å². The molecule has 26 heavy (non-hydrogen) atoms. The maximum atomic E-state index is 12.5. The number of likely N-dealkylation sites (tertiary alicyclic amines) is 1. The van der Waals surface area contributed by atoms with E-state index in [0.717, 1.165) is 32.4 Å². The highest BCUT2D eigenvalue weighted by Gasteiger charge is 2.29. The molecule has 1 heterocycles. The number of hydrogen-bond donors (Lipinski definition) is 2. The summed E-state index contributed by atoms with van der Waals surface area (Å²) in [6, 6.07) is 9.43. The van der Waals surface area contributed by atoms with Gasteiger partial charge in [0.15, 0.2) is 0 Å². The van der Waals surface area contributed by atoms with E-state index >= 15 is 0 Å². The van der Waals surface area contributed by atoms with Crippen LogP contribution in [0.3, 0.4) is 0 Å². The van der Waals surface area contributed by atoms with Gasteiger partial charge < -0.3 is 10.4 Å². The smallest absolute Gasteiger partial charge is 0.326 e. The Balaban J connectivity index is 1.82. The molecule has 0 aliphatic carbocycles. The number of carbonyl (C=O) groups excluding carboxylic acids is 1. The van der Waals surface area contributed by atoms with E-state index in [1.807, 2.05) is 26.8 Å². The zero-order chi connectivity index (χ0) is 19.1. The molecular formula is C21H32N2O3. The maximum Gasteiger partial charge on any atom is 0.326 e. The Morgan fingerprint density at radius 1 is 1.15 bits per heavy atom. The molecule has 5 nitrogen and oxygen atoms in total. The molecule has 0 aromatic heterocycles. The third kappa shape index (κ3) is 6.13. The second-order valence-electron chi connectivity index (χ2n) is 7.87. The van der Waals surface area contributed by atoms with Gasteiger partial charge in [-0.05, 0) is 63.1 Å².